The maximum Gasteiger partial charge on any atom is 0.176 e. The number of hydrogen-bond acceptors (Lipinski definition) is 2. The highest BCUT2D eigenvalue weighted by Crippen LogP contribution is 2.33. The Morgan fingerprint density at radius 2 is 1.84 bits per heavy atom. The van der Waals surface area contributed by atoms with Crippen molar-refractivity contribution in [3.05, 3.63) is 35.6 Å². The van der Waals surface area contributed by atoms with Gasteiger partial charge < -0.3 is 0 Å². The Morgan fingerprint density at radius 3 is 2.37 bits per heavy atom. The summed E-state index contributed by atoms with van der Waals surface area (Å²) >= 11 is 0. The molecule has 2 nitrogen and oxygen atoms in total. The normalized spacial score (nSPS) is 19.3. The molecule has 0 bridgehead atoms. The molecule has 0 saturated carbocycles. The van der Waals surface area contributed by atoms with Crippen LogP contribution in [0.3, 0.4) is 0 Å². The van der Waals surface area contributed by atoms with Gasteiger partial charge in [-0.1, -0.05) is 20.3 Å². The van der Waals surface area contributed by atoms with Gasteiger partial charge in [0, 0.05) is 5.56 Å². The third kappa shape index (κ3) is 3.63. The lowest BCUT2D eigenvalue weighted by molar-refractivity contribution is 0.0813. The average molecular weight is 263 g/mol. The van der Waals surface area contributed by atoms with Crippen molar-refractivity contribution >= 4 is 5.78 Å². The first kappa shape index (κ1) is 14.2. The first-order valence-electron chi connectivity index (χ1n) is 7.03. The zero-order chi connectivity index (χ0) is 13.9. The first-order valence-corrected chi connectivity index (χ1v) is 7.03. The van der Waals surface area contributed by atoms with Gasteiger partial charge in [0.15, 0.2) is 5.78 Å². The SMILES string of the molecule is CCC1(C)CCN(CC(=O)c2ccc(F)cc2)CC1. The second kappa shape index (κ2) is 5.83. The van der Waals surface area contributed by atoms with Crippen LogP contribution in [-0.2, 0) is 0 Å². The molecule has 1 saturated heterocycles. The van der Waals surface area contributed by atoms with Crippen LogP contribution in [-0.4, -0.2) is 30.3 Å². The van der Waals surface area contributed by atoms with Gasteiger partial charge in [-0.3, -0.25) is 9.69 Å². The van der Waals surface area contributed by atoms with Crippen LogP contribution < -0.4 is 0 Å². The third-order valence-corrected chi connectivity index (χ3v) is 4.45. The predicted octanol–water partition coefficient (Wildman–Crippen LogP) is 3.52. The van der Waals surface area contributed by atoms with E-state index in [0.717, 1.165) is 25.9 Å². The Kier molecular flexibility index (Phi) is 4.35. The van der Waals surface area contributed by atoms with E-state index in [1.807, 2.05) is 0 Å². The van der Waals surface area contributed by atoms with E-state index in [4.69, 9.17) is 0 Å². The molecule has 0 amide bonds. The van der Waals surface area contributed by atoms with Gasteiger partial charge in [-0.15, -0.1) is 0 Å². The molecule has 0 aliphatic carbocycles. The van der Waals surface area contributed by atoms with Crippen LogP contribution in [0.5, 0.6) is 0 Å². The van der Waals surface area contributed by atoms with Gasteiger partial charge in [0.05, 0.1) is 6.54 Å². The molecule has 1 aliphatic rings. The van der Waals surface area contributed by atoms with Crippen LogP contribution in [0.4, 0.5) is 4.39 Å². The van der Waals surface area contributed by atoms with E-state index < -0.39 is 0 Å². The lowest BCUT2D eigenvalue weighted by atomic mass is 9.78. The molecule has 19 heavy (non-hydrogen) atoms. The molecule has 0 aromatic heterocycles. The molecule has 1 aromatic carbocycles. The number of Topliss-reactive ketones (excluding diaryl/α,β-unsaturated/α-hetero) is 1. The topological polar surface area (TPSA) is 20.3 Å². The Bertz CT molecular complexity index is 433. The number of benzene rings is 1. The fraction of sp³-hybridized carbons (Fsp3) is 0.562. The quantitative estimate of drug-likeness (QED) is 0.775. The monoisotopic (exact) mass is 263 g/mol. The summed E-state index contributed by atoms with van der Waals surface area (Å²) in [5.74, 6) is -0.215. The lowest BCUT2D eigenvalue weighted by Gasteiger charge is -2.38. The summed E-state index contributed by atoms with van der Waals surface area (Å²) in [6.45, 7) is 6.98. The first-order chi connectivity index (χ1) is 9.02. The zero-order valence-corrected chi connectivity index (χ0v) is 11.8. The number of nitrogens with zero attached hydrogens (tertiary/aromatic N) is 1. The molecule has 1 heterocycles. The van der Waals surface area contributed by atoms with Crippen LogP contribution in [0.1, 0.15) is 43.5 Å². The summed E-state index contributed by atoms with van der Waals surface area (Å²) in [5, 5.41) is 0. The molecule has 1 aliphatic heterocycles. The third-order valence-electron chi connectivity index (χ3n) is 4.45. The van der Waals surface area contributed by atoms with Crippen molar-refractivity contribution in [3.8, 4) is 0 Å². The standard InChI is InChI=1S/C16H22FNO/c1-3-16(2)8-10-18(11-9-16)12-15(19)13-4-6-14(17)7-5-13/h4-7H,3,8-12H2,1-2H3. The Balaban J connectivity index is 1.89. The molecule has 0 atom stereocenters. The van der Waals surface area contributed by atoms with E-state index in [1.54, 1.807) is 12.1 Å². The smallest absolute Gasteiger partial charge is 0.176 e. The van der Waals surface area contributed by atoms with Crippen molar-refractivity contribution in [1.29, 1.82) is 0 Å². The van der Waals surface area contributed by atoms with E-state index in [9.17, 15) is 9.18 Å². The highest BCUT2D eigenvalue weighted by molar-refractivity contribution is 5.97. The maximum atomic E-state index is 12.8. The second-order valence-electron chi connectivity index (χ2n) is 5.87. The van der Waals surface area contributed by atoms with Crippen LogP contribution in [0.15, 0.2) is 24.3 Å². The number of halogens is 1. The van der Waals surface area contributed by atoms with Crippen molar-refractivity contribution in [2.24, 2.45) is 5.41 Å². The Labute approximate surface area is 114 Å². The van der Waals surface area contributed by atoms with Crippen molar-refractivity contribution in [1.82, 2.24) is 4.90 Å². The number of piperidine rings is 1. The minimum absolute atomic E-state index is 0.0834. The van der Waals surface area contributed by atoms with Crippen molar-refractivity contribution < 1.29 is 9.18 Å². The van der Waals surface area contributed by atoms with Gasteiger partial charge in [-0.2, -0.15) is 0 Å². The van der Waals surface area contributed by atoms with Crippen LogP contribution >= 0.6 is 0 Å². The molecule has 2 rings (SSSR count). The van der Waals surface area contributed by atoms with Gasteiger partial charge in [-0.25, -0.2) is 4.39 Å². The largest absolute Gasteiger partial charge is 0.296 e. The average Bonchev–Trinajstić information content (AvgIpc) is 2.42. The molecule has 0 spiro atoms. The fourth-order valence-electron chi connectivity index (χ4n) is 2.53. The summed E-state index contributed by atoms with van der Waals surface area (Å²) in [6.07, 6.45) is 3.51. The highest BCUT2D eigenvalue weighted by Gasteiger charge is 2.28. The van der Waals surface area contributed by atoms with E-state index in [1.165, 1.54) is 18.6 Å². The molecule has 104 valence electrons. The van der Waals surface area contributed by atoms with Crippen molar-refractivity contribution in [2.75, 3.05) is 19.6 Å². The van der Waals surface area contributed by atoms with Gasteiger partial charge in [-0.05, 0) is 55.6 Å². The van der Waals surface area contributed by atoms with Gasteiger partial charge in [0.1, 0.15) is 5.82 Å². The number of carbonyl (C=O) groups excluding carboxylic acids is 1. The molecule has 0 radical (unpaired) electrons. The second-order valence-corrected chi connectivity index (χ2v) is 5.87. The van der Waals surface area contributed by atoms with Crippen molar-refractivity contribution in [3.63, 3.8) is 0 Å². The van der Waals surface area contributed by atoms with Gasteiger partial charge in [0.25, 0.3) is 0 Å². The number of carbonyl (C=O) groups is 1. The maximum absolute atomic E-state index is 12.8. The highest BCUT2D eigenvalue weighted by atomic mass is 19.1. The van der Waals surface area contributed by atoms with Crippen molar-refractivity contribution in [2.45, 2.75) is 33.1 Å². The minimum atomic E-state index is -0.298. The number of ketones is 1. The molecule has 1 aromatic rings. The number of rotatable bonds is 4. The van der Waals surface area contributed by atoms with Gasteiger partial charge in [0.2, 0.25) is 0 Å². The molecule has 0 N–H and O–H groups in total. The predicted molar refractivity (Wildman–Crippen MR) is 74.8 cm³/mol. The molecule has 3 heteroatoms. The number of hydrogen-bond donors (Lipinski definition) is 0. The molecular weight excluding hydrogens is 241 g/mol. The molecule has 0 unspecified atom stereocenters. The van der Waals surface area contributed by atoms with Gasteiger partial charge >= 0.3 is 0 Å². The fourth-order valence-corrected chi connectivity index (χ4v) is 2.53. The van der Waals surface area contributed by atoms with E-state index in [0.29, 0.717) is 17.5 Å². The Morgan fingerprint density at radius 1 is 1.26 bits per heavy atom. The molecular formula is C16H22FNO. The summed E-state index contributed by atoms with van der Waals surface area (Å²) < 4.78 is 12.8. The summed E-state index contributed by atoms with van der Waals surface area (Å²) in [5.41, 5.74) is 1.04. The van der Waals surface area contributed by atoms with Crippen LogP contribution in [0.2, 0.25) is 0 Å². The van der Waals surface area contributed by atoms with E-state index in [2.05, 4.69) is 18.7 Å². The van der Waals surface area contributed by atoms with E-state index >= 15 is 0 Å². The Hall–Kier alpha value is -1.22. The zero-order valence-electron chi connectivity index (χ0n) is 11.8. The summed E-state index contributed by atoms with van der Waals surface area (Å²) in [4.78, 5) is 14.3. The summed E-state index contributed by atoms with van der Waals surface area (Å²) in [6, 6.07) is 5.82. The summed E-state index contributed by atoms with van der Waals surface area (Å²) in [7, 11) is 0. The lowest BCUT2D eigenvalue weighted by Crippen LogP contribution is -2.40. The minimum Gasteiger partial charge on any atom is -0.296 e. The van der Waals surface area contributed by atoms with Crippen LogP contribution in [0, 0.1) is 11.2 Å². The molecule has 1 fully saturated rings. The van der Waals surface area contributed by atoms with Crippen LogP contribution in [0.25, 0.3) is 0 Å². The number of likely N-dealkylation sites (tertiary alicyclic amines) is 1. The van der Waals surface area contributed by atoms with E-state index in [-0.39, 0.29) is 11.6 Å².